The van der Waals surface area contributed by atoms with Crippen LogP contribution < -0.4 is 5.32 Å². The number of carbonyl (C=O) groups excluding carboxylic acids is 2. The highest BCUT2D eigenvalue weighted by Gasteiger charge is 2.28. The number of aromatic nitrogens is 2. The third-order valence-electron chi connectivity index (χ3n) is 5.76. The monoisotopic (exact) mass is 529 g/mol. The molecule has 0 saturated carbocycles. The Kier molecular flexibility index (Phi) is 7.05. The number of anilines is 1. The lowest BCUT2D eigenvalue weighted by atomic mass is 9.95. The van der Waals surface area contributed by atoms with Crippen LogP contribution in [-0.4, -0.2) is 27.8 Å². The van der Waals surface area contributed by atoms with Gasteiger partial charge in [0, 0.05) is 10.4 Å². The molecular formula is C25H28BrN3O3S. The summed E-state index contributed by atoms with van der Waals surface area (Å²) in [6, 6.07) is 7.52. The Morgan fingerprint density at radius 1 is 1.24 bits per heavy atom. The summed E-state index contributed by atoms with van der Waals surface area (Å²) in [5.41, 5.74) is 5.06. The number of carbonyl (C=O) groups is 2. The standard InChI is InChI=1S/C25H28BrN3O3S/c1-14(2)32-25(31)21-19-10-5-6-11-20(19)33-24(21)27-23(30)18-9-7-8-17(12-18)13-29-16(4)22(26)15(3)28-29/h7-9,12,14H,5-6,10-11,13H2,1-4H3,(H,27,30). The highest BCUT2D eigenvalue weighted by Crippen LogP contribution is 2.39. The number of hydrogen-bond acceptors (Lipinski definition) is 5. The second-order valence-corrected chi connectivity index (χ2v) is 10.6. The van der Waals surface area contributed by atoms with Crippen LogP contribution >= 0.6 is 27.3 Å². The summed E-state index contributed by atoms with van der Waals surface area (Å²) >= 11 is 5.06. The molecule has 1 aliphatic rings. The summed E-state index contributed by atoms with van der Waals surface area (Å²) in [6.07, 6.45) is 3.71. The van der Waals surface area contributed by atoms with Crippen LogP contribution in [0.5, 0.6) is 0 Å². The van der Waals surface area contributed by atoms with Crippen LogP contribution in [0.4, 0.5) is 5.00 Å². The zero-order valence-electron chi connectivity index (χ0n) is 19.3. The van der Waals surface area contributed by atoms with E-state index in [2.05, 4.69) is 26.3 Å². The molecule has 1 aliphatic carbocycles. The van der Waals surface area contributed by atoms with E-state index in [1.54, 1.807) is 6.07 Å². The molecule has 0 bridgehead atoms. The van der Waals surface area contributed by atoms with Crippen LogP contribution in [0.1, 0.15) is 74.8 Å². The molecule has 8 heteroatoms. The van der Waals surface area contributed by atoms with E-state index in [0.717, 1.165) is 52.7 Å². The number of benzene rings is 1. The smallest absolute Gasteiger partial charge is 0.341 e. The van der Waals surface area contributed by atoms with Crippen molar-refractivity contribution in [2.45, 2.75) is 66.0 Å². The van der Waals surface area contributed by atoms with E-state index in [1.807, 2.05) is 50.6 Å². The average Bonchev–Trinajstić information content (AvgIpc) is 3.25. The molecule has 0 saturated heterocycles. The molecule has 4 rings (SSSR count). The van der Waals surface area contributed by atoms with Gasteiger partial charge in [-0.2, -0.15) is 5.10 Å². The van der Waals surface area contributed by atoms with Crippen LogP contribution in [0.2, 0.25) is 0 Å². The van der Waals surface area contributed by atoms with Gasteiger partial charge in [-0.1, -0.05) is 12.1 Å². The van der Waals surface area contributed by atoms with Gasteiger partial charge in [0.2, 0.25) is 0 Å². The number of esters is 1. The SMILES string of the molecule is Cc1nn(Cc2cccc(C(=O)Nc3sc4c(c3C(=O)OC(C)C)CCCC4)c2)c(C)c1Br. The minimum Gasteiger partial charge on any atom is -0.459 e. The van der Waals surface area contributed by atoms with Crippen molar-refractivity contribution in [1.82, 2.24) is 9.78 Å². The summed E-state index contributed by atoms with van der Waals surface area (Å²) in [6.45, 7) is 8.21. The molecule has 2 heterocycles. The van der Waals surface area contributed by atoms with Gasteiger partial charge in [0.25, 0.3) is 5.91 Å². The lowest BCUT2D eigenvalue weighted by Crippen LogP contribution is -2.18. The number of hydrogen-bond donors (Lipinski definition) is 1. The first-order valence-electron chi connectivity index (χ1n) is 11.2. The molecule has 174 valence electrons. The Hall–Kier alpha value is -2.45. The Balaban J connectivity index is 1.58. The summed E-state index contributed by atoms with van der Waals surface area (Å²) < 4.78 is 8.42. The summed E-state index contributed by atoms with van der Waals surface area (Å²) in [4.78, 5) is 27.2. The second-order valence-electron chi connectivity index (χ2n) is 8.67. The molecular weight excluding hydrogens is 502 g/mol. The van der Waals surface area contributed by atoms with E-state index in [0.29, 0.717) is 22.7 Å². The van der Waals surface area contributed by atoms with Crippen LogP contribution in [0, 0.1) is 13.8 Å². The van der Waals surface area contributed by atoms with Gasteiger partial charge in [-0.25, -0.2) is 4.79 Å². The molecule has 2 aromatic heterocycles. The number of nitrogens with zero attached hydrogens (tertiary/aromatic N) is 2. The molecule has 0 aliphatic heterocycles. The van der Waals surface area contributed by atoms with E-state index in [1.165, 1.54) is 16.2 Å². The minimum absolute atomic E-state index is 0.216. The van der Waals surface area contributed by atoms with Gasteiger partial charge < -0.3 is 10.1 Å². The molecule has 0 fully saturated rings. The Morgan fingerprint density at radius 3 is 2.70 bits per heavy atom. The third kappa shape index (κ3) is 5.06. The predicted octanol–water partition coefficient (Wildman–Crippen LogP) is 6.07. The Bertz CT molecular complexity index is 1210. The maximum absolute atomic E-state index is 13.2. The first-order chi connectivity index (χ1) is 15.7. The molecule has 0 atom stereocenters. The number of nitrogens with one attached hydrogen (secondary N) is 1. The zero-order valence-corrected chi connectivity index (χ0v) is 21.7. The molecule has 1 aromatic carbocycles. The van der Waals surface area contributed by atoms with E-state index < -0.39 is 0 Å². The van der Waals surface area contributed by atoms with Gasteiger partial charge in [-0.3, -0.25) is 9.48 Å². The van der Waals surface area contributed by atoms with Crippen molar-refractivity contribution < 1.29 is 14.3 Å². The van der Waals surface area contributed by atoms with E-state index in [9.17, 15) is 9.59 Å². The summed E-state index contributed by atoms with van der Waals surface area (Å²) in [5.74, 6) is -0.591. The highest BCUT2D eigenvalue weighted by atomic mass is 79.9. The second kappa shape index (κ2) is 9.81. The van der Waals surface area contributed by atoms with Crippen LogP contribution in [0.3, 0.4) is 0 Å². The summed E-state index contributed by atoms with van der Waals surface area (Å²) in [5, 5.41) is 8.15. The van der Waals surface area contributed by atoms with Crippen molar-refractivity contribution in [3.05, 3.63) is 67.3 Å². The van der Waals surface area contributed by atoms with Crippen LogP contribution in [0.15, 0.2) is 28.7 Å². The topological polar surface area (TPSA) is 73.2 Å². The minimum atomic E-state index is -0.358. The van der Waals surface area contributed by atoms with Crippen LogP contribution in [0.25, 0.3) is 0 Å². The van der Waals surface area contributed by atoms with Crippen molar-refractivity contribution in [3.63, 3.8) is 0 Å². The fraction of sp³-hybridized carbons (Fsp3) is 0.400. The molecule has 0 unspecified atom stereocenters. The van der Waals surface area contributed by atoms with E-state index in [4.69, 9.17) is 4.74 Å². The molecule has 0 spiro atoms. The largest absolute Gasteiger partial charge is 0.459 e. The van der Waals surface area contributed by atoms with Gasteiger partial charge in [0.05, 0.1) is 34.1 Å². The molecule has 0 radical (unpaired) electrons. The molecule has 1 amide bonds. The summed E-state index contributed by atoms with van der Waals surface area (Å²) in [7, 11) is 0. The average molecular weight is 530 g/mol. The maximum Gasteiger partial charge on any atom is 0.341 e. The van der Waals surface area contributed by atoms with Crippen molar-refractivity contribution in [3.8, 4) is 0 Å². The van der Waals surface area contributed by atoms with Gasteiger partial charge in [0.15, 0.2) is 0 Å². The van der Waals surface area contributed by atoms with Crippen molar-refractivity contribution in [2.75, 3.05) is 5.32 Å². The first kappa shape index (κ1) is 23.7. The van der Waals surface area contributed by atoms with Gasteiger partial charge in [-0.05, 0) is 92.6 Å². The number of amides is 1. The predicted molar refractivity (Wildman–Crippen MR) is 134 cm³/mol. The number of rotatable bonds is 6. The van der Waals surface area contributed by atoms with E-state index in [-0.39, 0.29) is 18.0 Å². The Morgan fingerprint density at radius 2 is 2.00 bits per heavy atom. The number of ether oxygens (including phenoxy) is 1. The number of halogens is 1. The van der Waals surface area contributed by atoms with E-state index >= 15 is 0 Å². The van der Waals surface area contributed by atoms with Crippen LogP contribution in [-0.2, 0) is 24.1 Å². The molecule has 1 N–H and O–H groups in total. The number of aryl methyl sites for hydroxylation is 2. The number of thiophene rings is 1. The molecule has 3 aromatic rings. The van der Waals surface area contributed by atoms with Gasteiger partial charge in [-0.15, -0.1) is 11.3 Å². The normalized spacial score (nSPS) is 13.2. The molecule has 6 nitrogen and oxygen atoms in total. The lowest BCUT2D eigenvalue weighted by Gasteiger charge is -2.14. The zero-order chi connectivity index (χ0) is 23.7. The molecule has 33 heavy (non-hydrogen) atoms. The fourth-order valence-corrected chi connectivity index (χ4v) is 5.69. The Labute approximate surface area is 206 Å². The third-order valence-corrected chi connectivity index (χ3v) is 8.11. The van der Waals surface area contributed by atoms with Crippen molar-refractivity contribution in [2.24, 2.45) is 0 Å². The van der Waals surface area contributed by atoms with Crippen molar-refractivity contribution in [1.29, 1.82) is 0 Å². The van der Waals surface area contributed by atoms with Gasteiger partial charge in [0.1, 0.15) is 5.00 Å². The van der Waals surface area contributed by atoms with Gasteiger partial charge >= 0.3 is 5.97 Å². The quantitative estimate of drug-likeness (QED) is 0.393. The first-order valence-corrected chi connectivity index (χ1v) is 12.8. The number of fused-ring (bicyclic) bond motifs is 1. The maximum atomic E-state index is 13.2. The highest BCUT2D eigenvalue weighted by molar-refractivity contribution is 9.10. The lowest BCUT2D eigenvalue weighted by molar-refractivity contribution is 0.0378. The fourth-order valence-electron chi connectivity index (χ4n) is 4.13. The van der Waals surface area contributed by atoms with Crippen molar-refractivity contribution >= 4 is 44.1 Å².